The fourth-order valence-electron chi connectivity index (χ4n) is 0.493. The molecule has 0 aliphatic heterocycles. The molecule has 0 rings (SSSR count). The van der Waals surface area contributed by atoms with E-state index in [1.165, 1.54) is 6.42 Å². The molecule has 0 aromatic rings. The van der Waals surface area contributed by atoms with E-state index < -0.39 is 0 Å². The SMILES string of the molecule is BC(BNC)CC. The Kier molecular flexibility index (Phi) is 4.31. The molecule has 0 fully saturated rings. The lowest BCUT2D eigenvalue weighted by Gasteiger charge is -2.01. The number of rotatable bonds is 3. The molecular weight excluding hydrogens is 83.7 g/mol. The predicted octanol–water partition coefficient (Wildman–Crippen LogP) is -0.654. The molecule has 0 heterocycles. The molecule has 40 valence electrons. The molecule has 0 saturated heterocycles. The first kappa shape index (κ1) is 7.09. The molecule has 3 heteroatoms. The van der Waals surface area contributed by atoms with Crippen molar-refractivity contribution >= 4 is 15.3 Å². The van der Waals surface area contributed by atoms with Crippen LogP contribution in [-0.2, 0) is 0 Å². The van der Waals surface area contributed by atoms with Crippen LogP contribution in [-0.4, -0.2) is 22.3 Å². The summed E-state index contributed by atoms with van der Waals surface area (Å²) in [6.45, 7) is 2.21. The van der Waals surface area contributed by atoms with Crippen molar-refractivity contribution in [1.82, 2.24) is 5.23 Å². The van der Waals surface area contributed by atoms with Gasteiger partial charge in [0.15, 0.2) is 7.41 Å². The third-order valence-electron chi connectivity index (χ3n) is 1.25. The van der Waals surface area contributed by atoms with Crippen molar-refractivity contribution in [3.63, 3.8) is 0 Å². The van der Waals surface area contributed by atoms with Crippen molar-refractivity contribution in [1.29, 1.82) is 0 Å². The molecule has 0 aromatic heterocycles. The van der Waals surface area contributed by atoms with Crippen LogP contribution in [0.2, 0.25) is 5.72 Å². The summed E-state index contributed by atoms with van der Waals surface area (Å²) in [5.41, 5.74) is 0.838. The normalized spacial score (nSPS) is 13.4. The topological polar surface area (TPSA) is 12.0 Å². The van der Waals surface area contributed by atoms with E-state index >= 15 is 0 Å². The van der Waals surface area contributed by atoms with E-state index in [1.54, 1.807) is 0 Å². The summed E-state index contributed by atoms with van der Waals surface area (Å²) in [5, 5.41) is 3.12. The van der Waals surface area contributed by atoms with Crippen LogP contribution in [0.4, 0.5) is 0 Å². The maximum absolute atomic E-state index is 3.12. The molecule has 0 spiro atoms. The van der Waals surface area contributed by atoms with Crippen LogP contribution in [0.3, 0.4) is 0 Å². The third kappa shape index (κ3) is 3.93. The van der Waals surface area contributed by atoms with Crippen LogP contribution in [0.1, 0.15) is 13.3 Å². The Labute approximate surface area is 47.5 Å². The molecule has 0 bridgehead atoms. The Bertz CT molecular complexity index is 40.7. The molecule has 1 unspecified atom stereocenters. The van der Waals surface area contributed by atoms with Crippen LogP contribution in [0, 0.1) is 0 Å². The van der Waals surface area contributed by atoms with E-state index in [0.29, 0.717) is 0 Å². The minimum Gasteiger partial charge on any atom is -0.362 e. The Morgan fingerprint density at radius 2 is 2.43 bits per heavy atom. The van der Waals surface area contributed by atoms with Gasteiger partial charge in [0.2, 0.25) is 0 Å². The zero-order valence-corrected chi connectivity index (χ0v) is 5.49. The zero-order chi connectivity index (χ0) is 5.70. The lowest BCUT2D eigenvalue weighted by molar-refractivity contribution is 0.991. The Balaban J connectivity index is 2.83. The highest BCUT2D eigenvalue weighted by Crippen LogP contribution is 1.96. The number of hydrogen-bond donors (Lipinski definition) is 1. The van der Waals surface area contributed by atoms with Crippen molar-refractivity contribution in [2.75, 3.05) is 7.05 Å². The average Bonchev–Trinajstić information content (AvgIpc) is 1.68. The van der Waals surface area contributed by atoms with Gasteiger partial charge in [-0.1, -0.05) is 19.1 Å². The second kappa shape index (κ2) is 4.25. The Morgan fingerprint density at radius 1 is 1.86 bits per heavy atom. The Hall–Kier alpha value is 0.0899. The summed E-state index contributed by atoms with van der Waals surface area (Å²) in [6, 6.07) is 0. The fraction of sp³-hybridized carbons (Fsp3) is 1.00. The van der Waals surface area contributed by atoms with Crippen molar-refractivity contribution in [3.8, 4) is 0 Å². The van der Waals surface area contributed by atoms with E-state index in [0.717, 1.165) is 13.1 Å². The van der Waals surface area contributed by atoms with Gasteiger partial charge in [0.25, 0.3) is 0 Å². The van der Waals surface area contributed by atoms with Gasteiger partial charge in [-0.25, -0.2) is 0 Å². The molecule has 1 nitrogen and oxygen atoms in total. The summed E-state index contributed by atoms with van der Waals surface area (Å²) >= 11 is 0. The smallest absolute Gasteiger partial charge is 0.196 e. The van der Waals surface area contributed by atoms with Crippen molar-refractivity contribution in [2.45, 2.75) is 19.1 Å². The van der Waals surface area contributed by atoms with Crippen LogP contribution >= 0.6 is 0 Å². The van der Waals surface area contributed by atoms with E-state index in [-0.39, 0.29) is 0 Å². The first-order chi connectivity index (χ1) is 3.31. The van der Waals surface area contributed by atoms with Crippen LogP contribution < -0.4 is 5.23 Å². The van der Waals surface area contributed by atoms with Gasteiger partial charge < -0.3 is 5.23 Å². The number of nitrogens with one attached hydrogen (secondary N) is 1. The summed E-state index contributed by atoms with van der Waals surface area (Å²) in [7, 11) is 5.39. The lowest BCUT2D eigenvalue weighted by atomic mass is 9.62. The van der Waals surface area contributed by atoms with E-state index in [4.69, 9.17) is 0 Å². The standard InChI is InChI=1S/C4H13B2N/c1-3-4(5)6-7-2/h4,6-7H,3,5H2,1-2H3. The number of hydrogen-bond acceptors (Lipinski definition) is 1. The van der Waals surface area contributed by atoms with Gasteiger partial charge in [-0.2, -0.15) is 0 Å². The van der Waals surface area contributed by atoms with Crippen molar-refractivity contribution < 1.29 is 0 Å². The maximum Gasteiger partial charge on any atom is 0.196 e. The highest BCUT2D eigenvalue weighted by molar-refractivity contribution is 6.48. The quantitative estimate of drug-likeness (QED) is 0.461. The predicted molar refractivity (Wildman–Crippen MR) is 38.8 cm³/mol. The van der Waals surface area contributed by atoms with Gasteiger partial charge in [-0.15, -0.1) is 0 Å². The van der Waals surface area contributed by atoms with Gasteiger partial charge >= 0.3 is 0 Å². The highest BCUT2D eigenvalue weighted by Gasteiger charge is 1.95. The van der Waals surface area contributed by atoms with Crippen molar-refractivity contribution in [3.05, 3.63) is 0 Å². The first-order valence-electron chi connectivity index (χ1n) is 2.95. The van der Waals surface area contributed by atoms with E-state index in [9.17, 15) is 0 Å². The highest BCUT2D eigenvalue weighted by atomic mass is 14.7. The fourth-order valence-corrected chi connectivity index (χ4v) is 0.493. The molecular formula is C4H13B2N. The zero-order valence-electron chi connectivity index (χ0n) is 5.49. The summed E-state index contributed by atoms with van der Waals surface area (Å²) < 4.78 is 0. The molecule has 1 atom stereocenters. The Morgan fingerprint density at radius 3 is 2.57 bits per heavy atom. The van der Waals surface area contributed by atoms with Crippen LogP contribution in [0.25, 0.3) is 0 Å². The summed E-state index contributed by atoms with van der Waals surface area (Å²) in [4.78, 5) is 0. The van der Waals surface area contributed by atoms with Gasteiger partial charge in [0, 0.05) is 0 Å². The van der Waals surface area contributed by atoms with Gasteiger partial charge in [0.05, 0.1) is 7.85 Å². The average molecular weight is 96.8 g/mol. The molecule has 0 aliphatic carbocycles. The lowest BCUT2D eigenvalue weighted by Crippen LogP contribution is -2.18. The molecule has 7 heavy (non-hydrogen) atoms. The summed E-state index contributed by atoms with van der Waals surface area (Å²) in [5.74, 6) is 0. The van der Waals surface area contributed by atoms with Crippen LogP contribution in [0.5, 0.6) is 0 Å². The molecule has 0 saturated carbocycles. The van der Waals surface area contributed by atoms with E-state index in [1.807, 2.05) is 7.05 Å². The molecule has 0 aliphatic rings. The van der Waals surface area contributed by atoms with E-state index in [2.05, 4.69) is 20.0 Å². The first-order valence-corrected chi connectivity index (χ1v) is 2.95. The van der Waals surface area contributed by atoms with Gasteiger partial charge in [-0.05, 0) is 7.05 Å². The van der Waals surface area contributed by atoms with Crippen LogP contribution in [0.15, 0.2) is 0 Å². The maximum atomic E-state index is 3.12. The molecule has 0 amide bonds. The second-order valence-corrected chi connectivity index (χ2v) is 2.07. The minimum atomic E-state index is 0.838. The van der Waals surface area contributed by atoms with Crippen molar-refractivity contribution in [2.24, 2.45) is 0 Å². The monoisotopic (exact) mass is 97.1 g/mol. The minimum absolute atomic E-state index is 0.838. The van der Waals surface area contributed by atoms with Gasteiger partial charge in [0.1, 0.15) is 0 Å². The third-order valence-corrected chi connectivity index (χ3v) is 1.25. The largest absolute Gasteiger partial charge is 0.362 e. The molecule has 1 N–H and O–H groups in total. The molecule has 0 aromatic carbocycles. The van der Waals surface area contributed by atoms with Gasteiger partial charge in [-0.3, -0.25) is 0 Å². The second-order valence-electron chi connectivity index (χ2n) is 2.07. The summed E-state index contributed by atoms with van der Waals surface area (Å²) in [6.07, 6.45) is 1.28. The molecule has 0 radical (unpaired) electrons.